The van der Waals surface area contributed by atoms with Crippen molar-refractivity contribution in [3.63, 3.8) is 0 Å². The van der Waals surface area contributed by atoms with Gasteiger partial charge >= 0.3 is 0 Å². The molecule has 1 aromatic heterocycles. The van der Waals surface area contributed by atoms with Gasteiger partial charge in [0, 0.05) is 18.6 Å². The Balaban J connectivity index is 2.03. The van der Waals surface area contributed by atoms with Crippen LogP contribution < -0.4 is 10.6 Å². The topological polar surface area (TPSA) is 76.0 Å². The Morgan fingerprint density at radius 2 is 2.00 bits per heavy atom. The fourth-order valence-electron chi connectivity index (χ4n) is 3.62. The van der Waals surface area contributed by atoms with Crippen LogP contribution >= 0.6 is 11.6 Å². The molecule has 2 aromatic rings. The Kier molecular flexibility index (Phi) is 5.98. The molecule has 1 aliphatic rings. The van der Waals surface area contributed by atoms with E-state index in [2.05, 4.69) is 15.6 Å². The van der Waals surface area contributed by atoms with E-state index in [9.17, 15) is 14.0 Å². The van der Waals surface area contributed by atoms with Crippen molar-refractivity contribution < 1.29 is 14.0 Å². The van der Waals surface area contributed by atoms with E-state index in [1.807, 2.05) is 25.3 Å². The Bertz CT molecular complexity index is 949. The molecule has 2 amide bonds. The quantitative estimate of drug-likeness (QED) is 0.793. The van der Waals surface area contributed by atoms with Gasteiger partial charge < -0.3 is 15.2 Å². The number of aromatic nitrogens is 2. The average molecular weight is 421 g/mol. The summed E-state index contributed by atoms with van der Waals surface area (Å²) < 4.78 is 16.4. The van der Waals surface area contributed by atoms with Crippen molar-refractivity contribution in [2.24, 2.45) is 5.41 Å². The van der Waals surface area contributed by atoms with Crippen LogP contribution in [0.15, 0.2) is 18.2 Å². The van der Waals surface area contributed by atoms with Crippen LogP contribution in [0.25, 0.3) is 11.4 Å². The highest BCUT2D eigenvalue weighted by atomic mass is 35.5. The number of rotatable bonds is 4. The van der Waals surface area contributed by atoms with E-state index in [1.54, 1.807) is 12.1 Å². The average Bonchev–Trinajstić information content (AvgIpc) is 3.04. The molecule has 2 N–H and O–H groups in total. The summed E-state index contributed by atoms with van der Waals surface area (Å²) in [6.45, 7) is 6.30. The molecule has 0 saturated heterocycles. The Hall–Kier alpha value is -2.41. The number of nitrogens with one attached hydrogen (secondary N) is 2. The minimum Gasteiger partial charge on any atom is -0.357 e. The molecule has 1 atom stereocenters. The highest BCUT2D eigenvalue weighted by molar-refractivity contribution is 6.30. The van der Waals surface area contributed by atoms with Crippen LogP contribution in [-0.4, -0.2) is 34.5 Å². The molecule has 0 radical (unpaired) electrons. The zero-order chi connectivity index (χ0) is 21.3. The molecule has 29 heavy (non-hydrogen) atoms. The van der Waals surface area contributed by atoms with Crippen LogP contribution in [0.1, 0.15) is 49.8 Å². The number of imidazole rings is 1. The van der Waals surface area contributed by atoms with Gasteiger partial charge in [-0.1, -0.05) is 32.4 Å². The third kappa shape index (κ3) is 4.29. The highest BCUT2D eigenvalue weighted by Gasteiger charge is 2.34. The lowest BCUT2D eigenvalue weighted by Gasteiger charge is -2.29. The molecule has 156 valence electrons. The van der Waals surface area contributed by atoms with Gasteiger partial charge in [0.05, 0.1) is 11.3 Å². The Morgan fingerprint density at radius 3 is 2.62 bits per heavy atom. The van der Waals surface area contributed by atoms with Crippen molar-refractivity contribution in [1.82, 2.24) is 20.2 Å². The minimum absolute atomic E-state index is 0.243. The molecule has 0 saturated carbocycles. The van der Waals surface area contributed by atoms with Gasteiger partial charge in [0.15, 0.2) is 0 Å². The Morgan fingerprint density at radius 1 is 1.28 bits per heavy atom. The van der Waals surface area contributed by atoms with E-state index in [1.165, 1.54) is 13.1 Å². The standard InChI is InChI=1S/C21H26ClFN4O2/c1-21(2,3)17(20(29)24-4)26-19(28)16-15-7-5-6-10-27(15)18(25-16)13-9-8-12(22)11-14(13)23/h8-9,11,17H,5-7,10H2,1-4H3,(H,24,29)(H,26,28). The molecular weight excluding hydrogens is 395 g/mol. The molecule has 8 heteroatoms. The number of carbonyl (C=O) groups is 2. The van der Waals surface area contributed by atoms with Gasteiger partial charge in [0.25, 0.3) is 5.91 Å². The van der Waals surface area contributed by atoms with Crippen LogP contribution in [0.4, 0.5) is 4.39 Å². The van der Waals surface area contributed by atoms with E-state index >= 15 is 0 Å². The second kappa shape index (κ2) is 8.14. The van der Waals surface area contributed by atoms with Crippen molar-refractivity contribution in [1.29, 1.82) is 0 Å². The lowest BCUT2D eigenvalue weighted by atomic mass is 9.86. The largest absolute Gasteiger partial charge is 0.357 e. The summed E-state index contributed by atoms with van der Waals surface area (Å²) in [5.41, 5.74) is 0.825. The van der Waals surface area contributed by atoms with Gasteiger partial charge in [0.1, 0.15) is 23.4 Å². The SMILES string of the molecule is CNC(=O)C(NC(=O)c1nc(-c2ccc(Cl)cc2F)n2c1CCCC2)C(C)(C)C. The highest BCUT2D eigenvalue weighted by Crippen LogP contribution is 2.31. The summed E-state index contributed by atoms with van der Waals surface area (Å²) in [4.78, 5) is 29.9. The first-order valence-corrected chi connectivity index (χ1v) is 10.1. The Labute approximate surface area is 174 Å². The van der Waals surface area contributed by atoms with Crippen molar-refractivity contribution in [3.8, 4) is 11.4 Å². The van der Waals surface area contributed by atoms with Gasteiger partial charge in [-0.2, -0.15) is 0 Å². The smallest absolute Gasteiger partial charge is 0.272 e. The van der Waals surface area contributed by atoms with Gasteiger partial charge in [-0.25, -0.2) is 9.37 Å². The number of hydrogen-bond donors (Lipinski definition) is 2. The van der Waals surface area contributed by atoms with Crippen molar-refractivity contribution in [3.05, 3.63) is 40.4 Å². The van der Waals surface area contributed by atoms with Gasteiger partial charge in [-0.15, -0.1) is 0 Å². The van der Waals surface area contributed by atoms with Crippen LogP contribution in [0.2, 0.25) is 5.02 Å². The molecule has 1 aromatic carbocycles. The number of halogens is 2. The number of carbonyl (C=O) groups excluding carboxylic acids is 2. The summed E-state index contributed by atoms with van der Waals surface area (Å²) in [7, 11) is 1.53. The predicted octanol–water partition coefficient (Wildman–Crippen LogP) is 3.57. The van der Waals surface area contributed by atoms with E-state index in [0.29, 0.717) is 29.4 Å². The molecule has 6 nitrogen and oxygen atoms in total. The monoisotopic (exact) mass is 420 g/mol. The van der Waals surface area contributed by atoms with Crippen LogP contribution in [0.5, 0.6) is 0 Å². The number of hydrogen-bond acceptors (Lipinski definition) is 3. The van der Waals surface area contributed by atoms with Crippen molar-refractivity contribution >= 4 is 23.4 Å². The van der Waals surface area contributed by atoms with Gasteiger partial charge in [0.2, 0.25) is 5.91 Å². The first-order chi connectivity index (χ1) is 13.6. The normalized spacial score (nSPS) is 14.8. The maximum atomic E-state index is 14.5. The third-order valence-corrected chi connectivity index (χ3v) is 5.39. The molecule has 1 aliphatic heterocycles. The summed E-state index contributed by atoms with van der Waals surface area (Å²) in [6.07, 6.45) is 2.52. The van der Waals surface area contributed by atoms with Crippen molar-refractivity contribution in [2.45, 2.75) is 52.6 Å². The summed E-state index contributed by atoms with van der Waals surface area (Å²) in [6, 6.07) is 3.69. The molecule has 0 aliphatic carbocycles. The minimum atomic E-state index is -0.725. The lowest BCUT2D eigenvalue weighted by Crippen LogP contribution is -2.53. The maximum Gasteiger partial charge on any atom is 0.272 e. The van der Waals surface area contributed by atoms with Gasteiger partial charge in [-0.05, 0) is 42.9 Å². The fraction of sp³-hybridized carbons (Fsp3) is 0.476. The summed E-state index contributed by atoms with van der Waals surface area (Å²) in [5.74, 6) is -0.783. The lowest BCUT2D eigenvalue weighted by molar-refractivity contribution is -0.124. The third-order valence-electron chi connectivity index (χ3n) is 5.15. The zero-order valence-electron chi connectivity index (χ0n) is 17.1. The first-order valence-electron chi connectivity index (χ1n) is 9.70. The van der Waals surface area contributed by atoms with Gasteiger partial charge in [-0.3, -0.25) is 9.59 Å². The van der Waals surface area contributed by atoms with Crippen LogP contribution in [-0.2, 0) is 17.8 Å². The van der Waals surface area contributed by atoms with Crippen molar-refractivity contribution in [2.75, 3.05) is 7.05 Å². The molecule has 0 bridgehead atoms. The number of benzene rings is 1. The zero-order valence-corrected chi connectivity index (χ0v) is 17.9. The number of amides is 2. The number of likely N-dealkylation sites (N-methyl/N-ethyl adjacent to an activating group) is 1. The van der Waals surface area contributed by atoms with E-state index in [0.717, 1.165) is 18.5 Å². The van der Waals surface area contributed by atoms with E-state index in [4.69, 9.17) is 11.6 Å². The predicted molar refractivity (Wildman–Crippen MR) is 110 cm³/mol. The van der Waals surface area contributed by atoms with Crippen LogP contribution in [0.3, 0.4) is 0 Å². The molecule has 1 unspecified atom stereocenters. The number of nitrogens with zero attached hydrogens (tertiary/aromatic N) is 2. The summed E-state index contributed by atoms with van der Waals surface area (Å²) in [5, 5.41) is 5.71. The van der Waals surface area contributed by atoms with Crippen LogP contribution in [0, 0.1) is 11.2 Å². The number of fused-ring (bicyclic) bond motifs is 1. The summed E-state index contributed by atoms with van der Waals surface area (Å²) >= 11 is 5.88. The van der Waals surface area contributed by atoms with E-state index < -0.39 is 23.2 Å². The molecule has 3 rings (SSSR count). The molecule has 0 fully saturated rings. The second-order valence-corrected chi connectivity index (χ2v) is 8.79. The maximum absolute atomic E-state index is 14.5. The molecule has 2 heterocycles. The molecule has 0 spiro atoms. The second-order valence-electron chi connectivity index (χ2n) is 8.35. The first kappa shape index (κ1) is 21.3. The van der Waals surface area contributed by atoms with E-state index in [-0.39, 0.29) is 11.6 Å². The fourth-order valence-corrected chi connectivity index (χ4v) is 3.78. The molecular formula is C21H26ClFN4O2.